The molecule has 1 aliphatic heterocycles. The molecule has 7 nitrogen and oxygen atoms in total. The lowest BCUT2D eigenvalue weighted by molar-refractivity contribution is 0.0734. The lowest BCUT2D eigenvalue weighted by Gasteiger charge is -2.27. The number of benzene rings is 3. The number of halogens is 2. The largest absolute Gasteiger partial charge is 0.493 e. The highest BCUT2D eigenvalue weighted by Gasteiger charge is 2.32. The molecule has 0 radical (unpaired) electrons. The smallest absolute Gasteiger partial charge is 0.345 e. The molecule has 0 aromatic heterocycles. The number of carbonyl (C=O) groups excluding carboxylic acids is 1. The molecule has 38 heavy (non-hydrogen) atoms. The monoisotopic (exact) mass is 552 g/mol. The number of rotatable bonds is 9. The molecule has 0 spiro atoms. The quantitative estimate of drug-likeness (QED) is 0.173. The number of hydrogen-bond acceptors (Lipinski definition) is 7. The van der Waals surface area contributed by atoms with Gasteiger partial charge in [0.05, 0.1) is 30.2 Å². The van der Waals surface area contributed by atoms with Gasteiger partial charge in [-0.2, -0.15) is 5.26 Å². The molecule has 0 aliphatic carbocycles. The molecule has 0 amide bonds. The van der Waals surface area contributed by atoms with Gasteiger partial charge >= 0.3 is 5.97 Å². The Kier molecular flexibility index (Phi) is 8.67. The number of methoxy groups -OCH3 is 1. The molecule has 2 N–H and O–H groups in total. The zero-order valence-corrected chi connectivity index (χ0v) is 22.4. The van der Waals surface area contributed by atoms with Crippen LogP contribution in [0.4, 0.5) is 0 Å². The first-order chi connectivity index (χ1) is 18.4. The van der Waals surface area contributed by atoms with Crippen molar-refractivity contribution >= 4 is 29.2 Å². The lowest BCUT2D eigenvalue weighted by atomic mass is 9.83. The van der Waals surface area contributed by atoms with E-state index in [1.54, 1.807) is 31.4 Å². The van der Waals surface area contributed by atoms with Crippen LogP contribution in [0, 0.1) is 11.3 Å². The number of esters is 1. The minimum atomic E-state index is -0.653. The van der Waals surface area contributed by atoms with Gasteiger partial charge in [-0.1, -0.05) is 55.1 Å². The van der Waals surface area contributed by atoms with Crippen molar-refractivity contribution in [1.29, 1.82) is 5.26 Å². The number of unbranched alkanes of at least 4 members (excludes halogenated alkanes) is 2. The predicted molar refractivity (Wildman–Crippen MR) is 145 cm³/mol. The third kappa shape index (κ3) is 5.83. The maximum atomic E-state index is 12.7. The summed E-state index contributed by atoms with van der Waals surface area (Å²) in [6, 6.07) is 17.1. The van der Waals surface area contributed by atoms with Gasteiger partial charge in [-0.3, -0.25) is 0 Å². The number of carbonyl (C=O) groups is 1. The SMILES string of the molecule is CCCCCOc1ccc(C2C(C#N)=C(N)Oc3cc(OC(=O)c4ccc(Cl)cc4Cl)ccc32)cc1OC. The van der Waals surface area contributed by atoms with Crippen molar-refractivity contribution in [2.45, 2.75) is 32.1 Å². The summed E-state index contributed by atoms with van der Waals surface area (Å²) in [4.78, 5) is 12.7. The van der Waals surface area contributed by atoms with Crippen molar-refractivity contribution in [1.82, 2.24) is 0 Å². The van der Waals surface area contributed by atoms with Gasteiger partial charge in [0, 0.05) is 16.7 Å². The van der Waals surface area contributed by atoms with E-state index in [9.17, 15) is 10.1 Å². The second-order valence-corrected chi connectivity index (χ2v) is 9.45. The molecule has 1 aliphatic rings. The van der Waals surface area contributed by atoms with Gasteiger partial charge in [-0.15, -0.1) is 0 Å². The number of nitriles is 1. The summed E-state index contributed by atoms with van der Waals surface area (Å²) >= 11 is 12.1. The van der Waals surface area contributed by atoms with Crippen LogP contribution in [0.25, 0.3) is 0 Å². The summed E-state index contributed by atoms with van der Waals surface area (Å²) in [6.45, 7) is 2.72. The third-order valence-corrected chi connectivity index (χ3v) is 6.63. The summed E-state index contributed by atoms with van der Waals surface area (Å²) in [7, 11) is 1.57. The average molecular weight is 553 g/mol. The van der Waals surface area contributed by atoms with Crippen molar-refractivity contribution < 1.29 is 23.7 Å². The molecular formula is C29H26Cl2N2O5. The maximum absolute atomic E-state index is 12.7. The van der Waals surface area contributed by atoms with Crippen molar-refractivity contribution in [3.8, 4) is 29.1 Å². The fourth-order valence-corrected chi connectivity index (χ4v) is 4.66. The maximum Gasteiger partial charge on any atom is 0.345 e. The van der Waals surface area contributed by atoms with Crippen LogP contribution in [-0.2, 0) is 0 Å². The van der Waals surface area contributed by atoms with Gasteiger partial charge in [0.2, 0.25) is 5.88 Å². The molecule has 3 aromatic rings. The normalized spacial score (nSPS) is 14.2. The Labute approximate surface area is 231 Å². The van der Waals surface area contributed by atoms with Gasteiger partial charge in [-0.05, 0) is 48.4 Å². The Morgan fingerprint density at radius 3 is 2.61 bits per heavy atom. The molecule has 196 valence electrons. The van der Waals surface area contributed by atoms with Gasteiger partial charge in [0.1, 0.15) is 23.1 Å². The first-order valence-electron chi connectivity index (χ1n) is 12.1. The molecule has 1 atom stereocenters. The number of ether oxygens (including phenoxy) is 4. The van der Waals surface area contributed by atoms with Crippen molar-refractivity contribution in [2.24, 2.45) is 5.73 Å². The van der Waals surface area contributed by atoms with E-state index in [0.717, 1.165) is 24.8 Å². The van der Waals surface area contributed by atoms with Crippen LogP contribution in [0.1, 0.15) is 53.6 Å². The summed E-state index contributed by atoms with van der Waals surface area (Å²) in [6.07, 6.45) is 3.13. The molecule has 0 saturated carbocycles. The van der Waals surface area contributed by atoms with Crippen LogP contribution in [0.15, 0.2) is 66.1 Å². The fourth-order valence-electron chi connectivity index (χ4n) is 4.18. The highest BCUT2D eigenvalue weighted by atomic mass is 35.5. The number of fused-ring (bicyclic) bond motifs is 1. The Morgan fingerprint density at radius 1 is 1.08 bits per heavy atom. The van der Waals surface area contributed by atoms with Crippen LogP contribution in [-0.4, -0.2) is 19.7 Å². The van der Waals surface area contributed by atoms with Crippen LogP contribution in [0.2, 0.25) is 10.0 Å². The summed E-state index contributed by atoms with van der Waals surface area (Å²) in [5.41, 5.74) is 8.02. The van der Waals surface area contributed by atoms with Gasteiger partial charge in [-0.25, -0.2) is 4.79 Å². The number of nitrogens with two attached hydrogens (primary N) is 1. The number of nitrogens with zero attached hydrogens (tertiary/aromatic N) is 1. The van der Waals surface area contributed by atoms with E-state index in [1.165, 1.54) is 12.1 Å². The molecule has 1 heterocycles. The minimum Gasteiger partial charge on any atom is -0.493 e. The summed E-state index contributed by atoms with van der Waals surface area (Å²) in [5.74, 6) is 0.541. The average Bonchev–Trinajstić information content (AvgIpc) is 2.90. The molecule has 9 heteroatoms. The predicted octanol–water partition coefficient (Wildman–Crippen LogP) is 7.01. The van der Waals surface area contributed by atoms with E-state index in [1.807, 2.05) is 18.2 Å². The first kappa shape index (κ1) is 27.2. The zero-order chi connectivity index (χ0) is 27.2. The molecule has 3 aromatic carbocycles. The molecule has 0 bridgehead atoms. The molecular weight excluding hydrogens is 527 g/mol. The minimum absolute atomic E-state index is 0.0342. The topological polar surface area (TPSA) is 104 Å². The lowest BCUT2D eigenvalue weighted by Crippen LogP contribution is -2.21. The van der Waals surface area contributed by atoms with Gasteiger partial charge < -0.3 is 24.7 Å². The van der Waals surface area contributed by atoms with Gasteiger partial charge in [0.25, 0.3) is 0 Å². The van der Waals surface area contributed by atoms with E-state index in [2.05, 4.69) is 13.0 Å². The zero-order valence-electron chi connectivity index (χ0n) is 20.9. The van der Waals surface area contributed by atoms with Crippen molar-refractivity contribution in [2.75, 3.05) is 13.7 Å². The molecule has 0 saturated heterocycles. The number of hydrogen-bond donors (Lipinski definition) is 1. The molecule has 4 rings (SSSR count). The van der Waals surface area contributed by atoms with E-state index in [0.29, 0.717) is 34.4 Å². The summed E-state index contributed by atoms with van der Waals surface area (Å²) in [5, 5.41) is 10.5. The van der Waals surface area contributed by atoms with Crippen molar-refractivity contribution in [3.63, 3.8) is 0 Å². The second-order valence-electron chi connectivity index (χ2n) is 8.60. The Morgan fingerprint density at radius 2 is 1.89 bits per heavy atom. The second kappa shape index (κ2) is 12.1. The van der Waals surface area contributed by atoms with E-state index < -0.39 is 11.9 Å². The Bertz CT molecular complexity index is 1430. The summed E-state index contributed by atoms with van der Waals surface area (Å²) < 4.78 is 22.8. The highest BCUT2D eigenvalue weighted by Crippen LogP contribution is 2.45. The van der Waals surface area contributed by atoms with Crippen LogP contribution in [0.3, 0.4) is 0 Å². The van der Waals surface area contributed by atoms with E-state index in [4.69, 9.17) is 47.9 Å². The molecule has 0 fully saturated rings. The first-order valence-corrected chi connectivity index (χ1v) is 12.8. The van der Waals surface area contributed by atoms with E-state index >= 15 is 0 Å². The van der Waals surface area contributed by atoms with Gasteiger partial charge in [0.15, 0.2) is 11.5 Å². The highest BCUT2D eigenvalue weighted by molar-refractivity contribution is 6.36. The van der Waals surface area contributed by atoms with Crippen LogP contribution in [0.5, 0.6) is 23.0 Å². The fraction of sp³-hybridized carbons (Fsp3) is 0.241. The van der Waals surface area contributed by atoms with Crippen LogP contribution >= 0.6 is 23.2 Å². The standard InChI is InChI=1S/C29H26Cl2N2O5/c1-3-4-5-12-36-24-11-6-17(13-26(24)35-2)27-21-10-8-19(15-25(21)38-28(33)22(27)16-32)37-29(34)20-9-7-18(30)14-23(20)31/h6-11,13-15,27H,3-5,12,33H2,1-2H3. The number of allylic oxidation sites excluding steroid dienone is 1. The van der Waals surface area contributed by atoms with Crippen LogP contribution < -0.4 is 24.7 Å². The molecule has 1 unspecified atom stereocenters. The van der Waals surface area contributed by atoms with E-state index in [-0.39, 0.29) is 27.8 Å². The Hall–Kier alpha value is -3.86. The van der Waals surface area contributed by atoms with Crippen molar-refractivity contribution in [3.05, 3.63) is 92.8 Å². The Balaban J connectivity index is 1.64. The third-order valence-electron chi connectivity index (χ3n) is 6.08.